The number of hydrogen-bond donors (Lipinski definition) is 2. The van der Waals surface area contributed by atoms with Crippen molar-refractivity contribution < 1.29 is 19.7 Å². The minimum Gasteiger partial charge on any atom is -0.491 e. The van der Waals surface area contributed by atoms with E-state index in [1.54, 1.807) is 23.5 Å². The van der Waals surface area contributed by atoms with Gasteiger partial charge in [-0.2, -0.15) is 23.5 Å². The normalized spacial score (nSPS) is 19.3. The molecule has 10 heteroatoms. The molecule has 0 radical (unpaired) electrons. The molecule has 0 aromatic heterocycles. The highest BCUT2D eigenvalue weighted by molar-refractivity contribution is 8.20. The first-order chi connectivity index (χ1) is 15.7. The van der Waals surface area contributed by atoms with E-state index in [4.69, 9.17) is 9.47 Å². The predicted octanol–water partition coefficient (Wildman–Crippen LogP) is 5.02. The van der Waals surface area contributed by atoms with E-state index in [2.05, 4.69) is 47.0 Å². The summed E-state index contributed by atoms with van der Waals surface area (Å²) in [6.07, 6.45) is 1.45. The zero-order chi connectivity index (χ0) is 22.4. The molecule has 3 rings (SSSR count). The summed E-state index contributed by atoms with van der Waals surface area (Å²) >= 11 is 11.8. The van der Waals surface area contributed by atoms with Gasteiger partial charge in [-0.25, -0.2) is 0 Å². The molecule has 0 amide bonds. The Morgan fingerprint density at radius 1 is 0.781 bits per heavy atom. The first-order valence-electron chi connectivity index (χ1n) is 11.0. The molecule has 2 fully saturated rings. The summed E-state index contributed by atoms with van der Waals surface area (Å²) in [5.41, 5.74) is 0. The van der Waals surface area contributed by atoms with Crippen molar-refractivity contribution in [2.75, 3.05) is 59.2 Å². The van der Waals surface area contributed by atoms with E-state index >= 15 is 0 Å². The zero-order valence-corrected chi connectivity index (χ0v) is 23.2. The third kappa shape index (κ3) is 11.5. The van der Waals surface area contributed by atoms with Crippen LogP contribution in [0.5, 0.6) is 11.5 Å². The average molecular weight is 555 g/mol. The van der Waals surface area contributed by atoms with Gasteiger partial charge in [0.25, 0.3) is 0 Å². The van der Waals surface area contributed by atoms with E-state index in [9.17, 15) is 10.2 Å². The van der Waals surface area contributed by atoms with E-state index in [1.807, 2.05) is 24.3 Å². The molecule has 0 spiro atoms. The second-order valence-corrected chi connectivity index (χ2v) is 15.6. The summed E-state index contributed by atoms with van der Waals surface area (Å²) in [7, 11) is 0. The van der Waals surface area contributed by atoms with Gasteiger partial charge in [0.15, 0.2) is 0 Å². The number of aliphatic hydroxyl groups excluding tert-OH is 2. The molecule has 2 aliphatic rings. The van der Waals surface area contributed by atoms with Crippen molar-refractivity contribution in [1.82, 2.24) is 0 Å². The minimum atomic E-state index is -0.478. The molecule has 1 aromatic carbocycles. The molecule has 2 heterocycles. The van der Waals surface area contributed by atoms with Gasteiger partial charge in [-0.15, -0.1) is 47.0 Å². The van der Waals surface area contributed by atoms with Gasteiger partial charge in [0.1, 0.15) is 24.7 Å². The van der Waals surface area contributed by atoms with Crippen LogP contribution in [0.25, 0.3) is 0 Å². The van der Waals surface area contributed by atoms with E-state index in [0.717, 1.165) is 20.7 Å². The lowest BCUT2D eigenvalue weighted by atomic mass is 10.3. The Kier molecular flexibility index (Phi) is 14.1. The fourth-order valence-electron chi connectivity index (χ4n) is 3.08. The lowest BCUT2D eigenvalue weighted by molar-refractivity contribution is 0.122. The molecule has 2 unspecified atom stereocenters. The van der Waals surface area contributed by atoms with Gasteiger partial charge in [-0.3, -0.25) is 0 Å². The fraction of sp³-hybridized carbons (Fsp3) is 0.727. The van der Waals surface area contributed by atoms with Crippen LogP contribution in [0.3, 0.4) is 0 Å². The van der Waals surface area contributed by atoms with E-state index in [0.29, 0.717) is 23.0 Å². The molecular weight excluding hydrogens is 521 g/mol. The Bertz CT molecular complexity index is 579. The Hall–Kier alpha value is 0.840. The standard InChI is InChI=1S/C22H34O4S6/c23-17(15-27-6-4-21-29-8-9-30-21)13-25-19-2-1-3-20(12-19)26-14-18(24)16-28-7-5-22-31-10-11-32-22/h1-3,12,17-18,21-24H,4-11,13-16H2. The van der Waals surface area contributed by atoms with Gasteiger partial charge in [-0.05, 0) is 36.5 Å². The van der Waals surface area contributed by atoms with Crippen molar-refractivity contribution in [3.63, 3.8) is 0 Å². The van der Waals surface area contributed by atoms with Gasteiger partial charge in [-0.1, -0.05) is 6.07 Å². The molecule has 0 bridgehead atoms. The van der Waals surface area contributed by atoms with Gasteiger partial charge in [0.05, 0.1) is 21.4 Å². The highest BCUT2D eigenvalue weighted by Gasteiger charge is 2.17. The summed E-state index contributed by atoms with van der Waals surface area (Å²) in [4.78, 5) is 0. The van der Waals surface area contributed by atoms with Crippen LogP contribution in [0.4, 0.5) is 0 Å². The molecule has 2 atom stereocenters. The highest BCUT2D eigenvalue weighted by atomic mass is 32.2. The van der Waals surface area contributed by atoms with Crippen molar-refractivity contribution in [3.05, 3.63) is 24.3 Å². The van der Waals surface area contributed by atoms with Gasteiger partial charge >= 0.3 is 0 Å². The maximum atomic E-state index is 10.2. The van der Waals surface area contributed by atoms with Crippen LogP contribution in [0.2, 0.25) is 0 Å². The van der Waals surface area contributed by atoms with E-state index in [1.165, 1.54) is 35.9 Å². The largest absolute Gasteiger partial charge is 0.491 e. The average Bonchev–Trinajstić information content (AvgIpc) is 3.51. The van der Waals surface area contributed by atoms with Crippen molar-refractivity contribution in [2.24, 2.45) is 0 Å². The Morgan fingerprint density at radius 3 is 1.66 bits per heavy atom. The highest BCUT2D eigenvalue weighted by Crippen LogP contribution is 2.35. The van der Waals surface area contributed by atoms with Crippen molar-refractivity contribution in [3.8, 4) is 11.5 Å². The summed E-state index contributed by atoms with van der Waals surface area (Å²) in [6, 6.07) is 7.43. The van der Waals surface area contributed by atoms with Crippen LogP contribution < -0.4 is 9.47 Å². The molecular formula is C22H34O4S6. The van der Waals surface area contributed by atoms with E-state index < -0.39 is 12.2 Å². The Balaban J connectivity index is 1.23. The van der Waals surface area contributed by atoms with Crippen LogP contribution in [-0.2, 0) is 0 Å². The van der Waals surface area contributed by atoms with Crippen LogP contribution >= 0.6 is 70.6 Å². The zero-order valence-electron chi connectivity index (χ0n) is 18.3. The Morgan fingerprint density at radius 2 is 1.22 bits per heavy atom. The predicted molar refractivity (Wildman–Crippen MR) is 151 cm³/mol. The lowest BCUT2D eigenvalue weighted by Crippen LogP contribution is -2.21. The third-order valence-corrected chi connectivity index (χ3v) is 13.3. The van der Waals surface area contributed by atoms with Gasteiger partial charge in [0.2, 0.25) is 0 Å². The number of ether oxygens (including phenoxy) is 2. The molecule has 2 saturated heterocycles. The number of aliphatic hydroxyl groups is 2. The van der Waals surface area contributed by atoms with Crippen molar-refractivity contribution in [1.29, 1.82) is 0 Å². The van der Waals surface area contributed by atoms with Crippen LogP contribution in [-0.4, -0.2) is 90.8 Å². The number of thioether (sulfide) groups is 6. The molecule has 4 nitrogen and oxygen atoms in total. The molecule has 0 aliphatic carbocycles. The SMILES string of the molecule is OC(COc1cccc(OCC(O)CSCCC2SCCS2)c1)CSCCC1SCCS1. The quantitative estimate of drug-likeness (QED) is 0.272. The molecule has 2 N–H and O–H groups in total. The number of rotatable bonds is 16. The van der Waals surface area contributed by atoms with Gasteiger partial charge < -0.3 is 19.7 Å². The first kappa shape index (κ1) is 27.4. The number of hydrogen-bond acceptors (Lipinski definition) is 10. The Labute approximate surface area is 218 Å². The summed E-state index contributed by atoms with van der Waals surface area (Å²) < 4.78 is 13.0. The molecule has 1 aromatic rings. The second-order valence-electron chi connectivity index (χ2n) is 7.47. The summed E-state index contributed by atoms with van der Waals surface area (Å²) in [5.74, 6) is 10.0. The van der Waals surface area contributed by atoms with Crippen molar-refractivity contribution >= 4 is 70.6 Å². The van der Waals surface area contributed by atoms with Gasteiger partial charge in [0, 0.05) is 40.6 Å². The van der Waals surface area contributed by atoms with Crippen LogP contribution in [0, 0.1) is 0 Å². The molecule has 182 valence electrons. The van der Waals surface area contributed by atoms with Crippen LogP contribution in [0.15, 0.2) is 24.3 Å². The molecule has 32 heavy (non-hydrogen) atoms. The van der Waals surface area contributed by atoms with E-state index in [-0.39, 0.29) is 13.2 Å². The van der Waals surface area contributed by atoms with Crippen molar-refractivity contribution in [2.45, 2.75) is 34.2 Å². The summed E-state index contributed by atoms with van der Waals surface area (Å²) in [5, 5.41) is 20.4. The third-order valence-electron chi connectivity index (χ3n) is 4.69. The first-order valence-corrected chi connectivity index (χ1v) is 17.5. The maximum Gasteiger partial charge on any atom is 0.123 e. The lowest BCUT2D eigenvalue weighted by Gasteiger charge is -2.15. The smallest absolute Gasteiger partial charge is 0.123 e. The monoisotopic (exact) mass is 554 g/mol. The molecule has 2 aliphatic heterocycles. The maximum absolute atomic E-state index is 10.2. The number of benzene rings is 1. The fourth-order valence-corrected chi connectivity index (χ4v) is 11.2. The molecule has 0 saturated carbocycles. The second kappa shape index (κ2) is 16.5. The topological polar surface area (TPSA) is 58.9 Å². The summed E-state index contributed by atoms with van der Waals surface area (Å²) in [6.45, 7) is 0.556. The minimum absolute atomic E-state index is 0.278. The van der Waals surface area contributed by atoms with Crippen LogP contribution in [0.1, 0.15) is 12.8 Å².